The smallest absolute Gasteiger partial charge is 0.255 e. The van der Waals surface area contributed by atoms with Gasteiger partial charge in [-0.3, -0.25) is 4.79 Å². The lowest BCUT2D eigenvalue weighted by Crippen LogP contribution is -2.35. The number of amides is 1. The fourth-order valence-corrected chi connectivity index (χ4v) is 4.94. The van der Waals surface area contributed by atoms with Crippen molar-refractivity contribution in [2.24, 2.45) is 0 Å². The summed E-state index contributed by atoms with van der Waals surface area (Å²) in [5.74, 6) is 0.171. The molecule has 28 heavy (non-hydrogen) atoms. The number of nitrogens with zero attached hydrogens (tertiary/aromatic N) is 2. The fourth-order valence-electron chi connectivity index (χ4n) is 3.38. The lowest BCUT2D eigenvalue weighted by Gasteiger charge is -2.26. The molecule has 0 radical (unpaired) electrons. The second-order valence-corrected chi connectivity index (χ2v) is 8.80. The third-order valence-corrected chi connectivity index (χ3v) is 6.70. The van der Waals surface area contributed by atoms with E-state index >= 15 is 0 Å². The van der Waals surface area contributed by atoms with E-state index in [4.69, 9.17) is 4.42 Å². The summed E-state index contributed by atoms with van der Waals surface area (Å²) in [6, 6.07) is 11.3. The zero-order chi connectivity index (χ0) is 19.7. The lowest BCUT2D eigenvalue weighted by atomic mass is 10.2. The van der Waals surface area contributed by atoms with Gasteiger partial charge in [0.1, 0.15) is 5.52 Å². The highest BCUT2D eigenvalue weighted by molar-refractivity contribution is 7.89. The minimum atomic E-state index is -3.59. The summed E-state index contributed by atoms with van der Waals surface area (Å²) in [6.45, 7) is 2.80. The Bertz CT molecular complexity index is 1130. The van der Waals surface area contributed by atoms with E-state index in [-0.39, 0.29) is 16.4 Å². The molecule has 1 aromatic heterocycles. The van der Waals surface area contributed by atoms with Crippen LogP contribution in [-0.2, 0) is 10.0 Å². The molecule has 2 aromatic carbocycles. The molecule has 1 aliphatic rings. The van der Waals surface area contributed by atoms with Gasteiger partial charge in [-0.05, 0) is 49.2 Å². The van der Waals surface area contributed by atoms with Crippen LogP contribution in [0.15, 0.2) is 51.8 Å². The number of hydrogen-bond donors (Lipinski definition) is 1. The molecule has 4 rings (SSSR count). The van der Waals surface area contributed by atoms with E-state index in [0.717, 1.165) is 19.3 Å². The summed E-state index contributed by atoms with van der Waals surface area (Å²) in [5.41, 5.74) is 2.14. The zero-order valence-electron chi connectivity index (χ0n) is 15.5. The summed E-state index contributed by atoms with van der Waals surface area (Å²) in [7, 11) is -3.59. The number of carbonyl (C=O) groups is 1. The Morgan fingerprint density at radius 3 is 2.68 bits per heavy atom. The molecule has 8 heteroatoms. The van der Waals surface area contributed by atoms with E-state index in [9.17, 15) is 13.2 Å². The van der Waals surface area contributed by atoms with Crippen molar-refractivity contribution in [3.8, 4) is 0 Å². The Balaban J connectivity index is 1.56. The third kappa shape index (κ3) is 3.65. The maximum Gasteiger partial charge on any atom is 0.255 e. The number of aryl methyl sites for hydroxylation is 1. The number of nitrogens with one attached hydrogen (secondary N) is 1. The summed E-state index contributed by atoms with van der Waals surface area (Å²) < 4.78 is 32.6. The van der Waals surface area contributed by atoms with Gasteiger partial charge < -0.3 is 9.73 Å². The normalized spacial score (nSPS) is 15.6. The molecular weight excluding hydrogens is 378 g/mol. The minimum absolute atomic E-state index is 0.143. The van der Waals surface area contributed by atoms with Crippen LogP contribution in [0, 0.1) is 6.92 Å². The standard InChI is InChI=1S/C20H21N3O4S/c1-14-21-18-13-16(8-9-19(18)27-14)22-20(24)15-6-5-7-17(12-15)28(25,26)23-10-3-2-4-11-23/h5-9,12-13H,2-4,10-11H2,1H3,(H,22,24). The lowest BCUT2D eigenvalue weighted by molar-refractivity contribution is 0.102. The Morgan fingerprint density at radius 1 is 1.11 bits per heavy atom. The van der Waals surface area contributed by atoms with Crippen LogP contribution in [0.1, 0.15) is 35.5 Å². The van der Waals surface area contributed by atoms with Gasteiger partial charge in [0.2, 0.25) is 10.0 Å². The van der Waals surface area contributed by atoms with Crippen molar-refractivity contribution in [3.05, 3.63) is 53.9 Å². The van der Waals surface area contributed by atoms with Crippen molar-refractivity contribution < 1.29 is 17.6 Å². The van der Waals surface area contributed by atoms with Gasteiger partial charge in [0.15, 0.2) is 11.5 Å². The fraction of sp³-hybridized carbons (Fsp3) is 0.300. The molecule has 7 nitrogen and oxygen atoms in total. The molecule has 1 aliphatic heterocycles. The van der Waals surface area contributed by atoms with Crippen LogP contribution < -0.4 is 5.32 Å². The van der Waals surface area contributed by atoms with E-state index in [2.05, 4.69) is 10.3 Å². The molecule has 0 atom stereocenters. The number of oxazole rings is 1. The quantitative estimate of drug-likeness (QED) is 0.724. The molecule has 0 spiro atoms. The van der Waals surface area contributed by atoms with E-state index in [1.165, 1.54) is 16.4 Å². The van der Waals surface area contributed by atoms with Crippen molar-refractivity contribution in [1.29, 1.82) is 0 Å². The van der Waals surface area contributed by atoms with Gasteiger partial charge in [-0.15, -0.1) is 0 Å². The number of hydrogen-bond acceptors (Lipinski definition) is 5. The van der Waals surface area contributed by atoms with Crippen molar-refractivity contribution in [2.75, 3.05) is 18.4 Å². The van der Waals surface area contributed by atoms with Crippen LogP contribution in [0.2, 0.25) is 0 Å². The predicted molar refractivity (Wildman–Crippen MR) is 106 cm³/mol. The Hall–Kier alpha value is -2.71. The molecule has 3 aromatic rings. The maximum absolute atomic E-state index is 12.8. The van der Waals surface area contributed by atoms with Gasteiger partial charge >= 0.3 is 0 Å². The van der Waals surface area contributed by atoms with Gasteiger partial charge in [-0.1, -0.05) is 12.5 Å². The van der Waals surface area contributed by atoms with Gasteiger partial charge in [-0.25, -0.2) is 13.4 Å². The molecule has 0 aliphatic carbocycles. The van der Waals surface area contributed by atoms with Gasteiger partial charge in [0.25, 0.3) is 5.91 Å². The van der Waals surface area contributed by atoms with Crippen molar-refractivity contribution in [3.63, 3.8) is 0 Å². The maximum atomic E-state index is 12.8. The largest absolute Gasteiger partial charge is 0.441 e. The van der Waals surface area contributed by atoms with Crippen LogP contribution in [0.5, 0.6) is 0 Å². The highest BCUT2D eigenvalue weighted by atomic mass is 32.2. The van der Waals surface area contributed by atoms with Crippen LogP contribution in [0.4, 0.5) is 5.69 Å². The summed E-state index contributed by atoms with van der Waals surface area (Å²) >= 11 is 0. The molecule has 1 saturated heterocycles. The molecule has 0 saturated carbocycles. The number of piperidine rings is 1. The van der Waals surface area contributed by atoms with E-state index in [1.54, 1.807) is 37.3 Å². The molecule has 0 bridgehead atoms. The van der Waals surface area contributed by atoms with E-state index in [1.807, 2.05) is 0 Å². The Kier molecular flexibility index (Phi) is 4.91. The molecular formula is C20H21N3O4S. The van der Waals surface area contributed by atoms with E-state index in [0.29, 0.717) is 35.8 Å². The van der Waals surface area contributed by atoms with Crippen LogP contribution in [0.25, 0.3) is 11.1 Å². The summed E-state index contributed by atoms with van der Waals surface area (Å²) in [6.07, 6.45) is 2.77. The topological polar surface area (TPSA) is 92.5 Å². The second-order valence-electron chi connectivity index (χ2n) is 6.86. The predicted octanol–water partition coefficient (Wildman–Crippen LogP) is 3.56. The number of rotatable bonds is 4. The number of anilines is 1. The number of aromatic nitrogens is 1. The molecule has 1 N–H and O–H groups in total. The third-order valence-electron chi connectivity index (χ3n) is 4.80. The average molecular weight is 399 g/mol. The second kappa shape index (κ2) is 7.37. The minimum Gasteiger partial charge on any atom is -0.441 e. The summed E-state index contributed by atoms with van der Waals surface area (Å²) in [4.78, 5) is 17.0. The SMILES string of the molecule is Cc1nc2cc(NC(=O)c3cccc(S(=O)(=O)N4CCCCC4)c3)ccc2o1. The Morgan fingerprint density at radius 2 is 1.89 bits per heavy atom. The number of carbonyl (C=O) groups excluding carboxylic acids is 1. The van der Waals surface area contributed by atoms with Gasteiger partial charge in [0, 0.05) is 31.3 Å². The zero-order valence-corrected chi connectivity index (χ0v) is 16.3. The molecule has 2 heterocycles. The molecule has 146 valence electrons. The first-order valence-corrected chi connectivity index (χ1v) is 10.7. The van der Waals surface area contributed by atoms with Crippen LogP contribution in [-0.4, -0.2) is 36.7 Å². The first-order valence-electron chi connectivity index (χ1n) is 9.22. The van der Waals surface area contributed by atoms with Gasteiger partial charge in [0.05, 0.1) is 4.90 Å². The van der Waals surface area contributed by atoms with Crippen LogP contribution >= 0.6 is 0 Å². The monoisotopic (exact) mass is 399 g/mol. The first-order chi connectivity index (χ1) is 13.4. The first kappa shape index (κ1) is 18.6. The molecule has 1 fully saturated rings. The molecule has 0 unspecified atom stereocenters. The van der Waals surface area contributed by atoms with E-state index < -0.39 is 10.0 Å². The highest BCUT2D eigenvalue weighted by Gasteiger charge is 2.26. The highest BCUT2D eigenvalue weighted by Crippen LogP contribution is 2.23. The summed E-state index contributed by atoms with van der Waals surface area (Å²) in [5, 5.41) is 2.79. The Labute approximate surface area is 163 Å². The average Bonchev–Trinajstić information content (AvgIpc) is 3.08. The van der Waals surface area contributed by atoms with Gasteiger partial charge in [-0.2, -0.15) is 4.31 Å². The number of benzene rings is 2. The van der Waals surface area contributed by atoms with Crippen molar-refractivity contribution in [2.45, 2.75) is 31.1 Å². The number of sulfonamides is 1. The number of fused-ring (bicyclic) bond motifs is 1. The van der Waals surface area contributed by atoms with Crippen molar-refractivity contribution in [1.82, 2.24) is 9.29 Å². The van der Waals surface area contributed by atoms with Crippen molar-refractivity contribution >= 4 is 32.7 Å². The molecule has 1 amide bonds. The van der Waals surface area contributed by atoms with Crippen LogP contribution in [0.3, 0.4) is 0 Å².